The predicted molar refractivity (Wildman–Crippen MR) is 95.8 cm³/mol. The summed E-state index contributed by atoms with van der Waals surface area (Å²) in [6, 6.07) is 9.57. The van der Waals surface area contributed by atoms with Gasteiger partial charge in [0.2, 0.25) is 5.91 Å². The number of nitrogens with one attached hydrogen (secondary N) is 2. The first kappa shape index (κ1) is 17.2. The van der Waals surface area contributed by atoms with Crippen molar-refractivity contribution in [1.29, 1.82) is 0 Å². The van der Waals surface area contributed by atoms with E-state index in [1.165, 1.54) is 0 Å². The minimum absolute atomic E-state index is 0.214. The fourth-order valence-corrected chi connectivity index (χ4v) is 3.76. The van der Waals surface area contributed by atoms with Gasteiger partial charge in [-0.05, 0) is 0 Å². The minimum Gasteiger partial charge on any atom is -0.310 e. The standard InChI is InChI=1S/C16H19N5O3S/c1-10(9-25(3,23)24)16(22)17-14-12-13(11-7-5-4-6-8-11)20-21(2)15(12)19-18-14/h4-8,10H,9H2,1-3H3,(H2,17,18,19,22). The van der Waals surface area contributed by atoms with Crippen LogP contribution in [0.1, 0.15) is 6.92 Å². The molecule has 8 nitrogen and oxygen atoms in total. The fourth-order valence-electron chi connectivity index (χ4n) is 2.70. The van der Waals surface area contributed by atoms with Crippen molar-refractivity contribution in [2.75, 3.05) is 17.3 Å². The number of rotatable bonds is 5. The van der Waals surface area contributed by atoms with Crippen LogP contribution in [0, 0.1) is 5.92 Å². The molecule has 0 aliphatic rings. The van der Waals surface area contributed by atoms with Gasteiger partial charge < -0.3 is 5.32 Å². The zero-order valence-corrected chi connectivity index (χ0v) is 15.0. The molecule has 3 aromatic rings. The van der Waals surface area contributed by atoms with Crippen molar-refractivity contribution in [1.82, 2.24) is 20.0 Å². The first-order valence-corrected chi connectivity index (χ1v) is 9.77. The summed E-state index contributed by atoms with van der Waals surface area (Å²) in [6.07, 6.45) is 1.11. The number of H-pyrrole nitrogens is 1. The molecule has 3 rings (SSSR count). The van der Waals surface area contributed by atoms with Crippen molar-refractivity contribution in [3.05, 3.63) is 30.3 Å². The number of aromatic nitrogens is 4. The van der Waals surface area contributed by atoms with Gasteiger partial charge in [0.1, 0.15) is 21.3 Å². The van der Waals surface area contributed by atoms with Crippen LogP contribution in [-0.4, -0.2) is 46.3 Å². The van der Waals surface area contributed by atoms with Crippen molar-refractivity contribution in [2.45, 2.75) is 6.92 Å². The van der Waals surface area contributed by atoms with Crippen LogP contribution in [0.15, 0.2) is 30.3 Å². The molecule has 132 valence electrons. The molecule has 0 saturated carbocycles. The van der Waals surface area contributed by atoms with E-state index in [9.17, 15) is 13.2 Å². The highest BCUT2D eigenvalue weighted by Gasteiger charge is 2.23. The monoisotopic (exact) mass is 361 g/mol. The Morgan fingerprint density at radius 1 is 1.32 bits per heavy atom. The third-order valence-electron chi connectivity index (χ3n) is 3.84. The number of aryl methyl sites for hydroxylation is 1. The summed E-state index contributed by atoms with van der Waals surface area (Å²) < 4.78 is 24.4. The Labute approximate surface area is 145 Å². The maximum Gasteiger partial charge on any atom is 0.229 e. The molecular formula is C16H19N5O3S. The highest BCUT2D eigenvalue weighted by Crippen LogP contribution is 2.31. The molecule has 0 aliphatic heterocycles. The Balaban J connectivity index is 1.97. The highest BCUT2D eigenvalue weighted by atomic mass is 32.2. The predicted octanol–water partition coefficient (Wildman–Crippen LogP) is 1.58. The number of amides is 1. The largest absolute Gasteiger partial charge is 0.310 e. The van der Waals surface area contributed by atoms with Crippen LogP contribution < -0.4 is 5.32 Å². The van der Waals surface area contributed by atoms with Crippen LogP contribution in [0.4, 0.5) is 5.82 Å². The normalized spacial score (nSPS) is 13.1. The number of aromatic amines is 1. The molecule has 0 spiro atoms. The highest BCUT2D eigenvalue weighted by molar-refractivity contribution is 7.90. The van der Waals surface area contributed by atoms with E-state index in [2.05, 4.69) is 20.6 Å². The van der Waals surface area contributed by atoms with Gasteiger partial charge in [-0.25, -0.2) is 13.1 Å². The zero-order valence-electron chi connectivity index (χ0n) is 14.1. The first-order chi connectivity index (χ1) is 11.8. The molecule has 1 amide bonds. The summed E-state index contributed by atoms with van der Waals surface area (Å²) in [5.41, 5.74) is 2.19. The van der Waals surface area contributed by atoms with E-state index in [-0.39, 0.29) is 11.7 Å². The molecule has 0 aliphatic carbocycles. The summed E-state index contributed by atoms with van der Waals surface area (Å²) in [5.74, 6) is -0.870. The van der Waals surface area contributed by atoms with Gasteiger partial charge in [-0.15, -0.1) is 0 Å². The Hall–Kier alpha value is -2.68. The Morgan fingerprint density at radius 2 is 2.00 bits per heavy atom. The van der Waals surface area contributed by atoms with E-state index < -0.39 is 15.8 Å². The molecule has 9 heteroatoms. The molecule has 0 radical (unpaired) electrons. The number of anilines is 1. The average molecular weight is 361 g/mol. The van der Waals surface area contributed by atoms with E-state index >= 15 is 0 Å². The first-order valence-electron chi connectivity index (χ1n) is 7.71. The smallest absolute Gasteiger partial charge is 0.229 e. The van der Waals surface area contributed by atoms with Gasteiger partial charge in [0.25, 0.3) is 0 Å². The van der Waals surface area contributed by atoms with Gasteiger partial charge >= 0.3 is 0 Å². The average Bonchev–Trinajstić information content (AvgIpc) is 3.09. The zero-order chi connectivity index (χ0) is 18.2. The Kier molecular flexibility index (Phi) is 4.34. The van der Waals surface area contributed by atoms with Gasteiger partial charge in [-0.3, -0.25) is 9.89 Å². The summed E-state index contributed by atoms with van der Waals surface area (Å²) in [7, 11) is -1.47. The van der Waals surface area contributed by atoms with Gasteiger partial charge in [0.05, 0.1) is 11.1 Å². The second kappa shape index (κ2) is 6.32. The van der Waals surface area contributed by atoms with Crippen LogP contribution in [-0.2, 0) is 21.7 Å². The summed E-state index contributed by atoms with van der Waals surface area (Å²) >= 11 is 0. The maximum atomic E-state index is 12.3. The van der Waals surface area contributed by atoms with Crippen LogP contribution >= 0.6 is 0 Å². The lowest BCUT2D eigenvalue weighted by atomic mass is 10.1. The SMILES string of the molecule is CC(CS(C)(=O)=O)C(=O)Nc1[nH]nc2c1c(-c1ccccc1)nn2C. The second-order valence-electron chi connectivity index (χ2n) is 6.12. The van der Waals surface area contributed by atoms with E-state index in [1.54, 1.807) is 18.7 Å². The Bertz CT molecular complexity index is 1020. The molecule has 1 aromatic carbocycles. The number of benzene rings is 1. The van der Waals surface area contributed by atoms with Crippen molar-refractivity contribution in [3.63, 3.8) is 0 Å². The Morgan fingerprint density at radius 3 is 2.64 bits per heavy atom. The molecule has 0 saturated heterocycles. The number of hydrogen-bond acceptors (Lipinski definition) is 5. The van der Waals surface area contributed by atoms with Gasteiger partial charge in [-0.1, -0.05) is 37.3 Å². The molecule has 0 fully saturated rings. The molecule has 2 N–H and O–H groups in total. The molecule has 0 bridgehead atoms. The lowest BCUT2D eigenvalue weighted by Gasteiger charge is -2.10. The maximum absolute atomic E-state index is 12.3. The lowest BCUT2D eigenvalue weighted by Crippen LogP contribution is -2.26. The van der Waals surface area contributed by atoms with Crippen molar-refractivity contribution in [3.8, 4) is 11.3 Å². The van der Waals surface area contributed by atoms with E-state index in [0.717, 1.165) is 11.8 Å². The quantitative estimate of drug-likeness (QED) is 0.717. The number of hydrogen-bond donors (Lipinski definition) is 2. The number of carbonyl (C=O) groups is 1. The van der Waals surface area contributed by atoms with Crippen molar-refractivity contribution in [2.24, 2.45) is 13.0 Å². The third kappa shape index (κ3) is 3.55. The van der Waals surface area contributed by atoms with Gasteiger partial charge in [0, 0.05) is 24.8 Å². The van der Waals surface area contributed by atoms with Crippen LogP contribution in [0.2, 0.25) is 0 Å². The lowest BCUT2D eigenvalue weighted by molar-refractivity contribution is -0.118. The summed E-state index contributed by atoms with van der Waals surface area (Å²) in [6.45, 7) is 1.57. The second-order valence-corrected chi connectivity index (χ2v) is 8.30. The molecule has 1 atom stereocenters. The molecule has 2 heterocycles. The van der Waals surface area contributed by atoms with E-state index in [4.69, 9.17) is 0 Å². The van der Waals surface area contributed by atoms with Gasteiger partial charge in [0.15, 0.2) is 5.65 Å². The number of nitrogens with zero attached hydrogens (tertiary/aromatic N) is 3. The van der Waals surface area contributed by atoms with Crippen LogP contribution in [0.5, 0.6) is 0 Å². The fraction of sp³-hybridized carbons (Fsp3) is 0.312. The van der Waals surface area contributed by atoms with Gasteiger partial charge in [-0.2, -0.15) is 10.2 Å². The van der Waals surface area contributed by atoms with Crippen LogP contribution in [0.3, 0.4) is 0 Å². The van der Waals surface area contributed by atoms with E-state index in [0.29, 0.717) is 22.5 Å². The van der Waals surface area contributed by atoms with Crippen LogP contribution in [0.25, 0.3) is 22.3 Å². The molecular weight excluding hydrogens is 342 g/mol. The molecule has 2 aromatic heterocycles. The minimum atomic E-state index is -3.24. The number of fused-ring (bicyclic) bond motifs is 1. The topological polar surface area (TPSA) is 110 Å². The number of sulfone groups is 1. The van der Waals surface area contributed by atoms with E-state index in [1.807, 2.05) is 30.3 Å². The van der Waals surface area contributed by atoms with Crippen molar-refractivity contribution >= 4 is 32.6 Å². The summed E-state index contributed by atoms with van der Waals surface area (Å²) in [4.78, 5) is 12.3. The number of carbonyl (C=O) groups excluding carboxylic acids is 1. The third-order valence-corrected chi connectivity index (χ3v) is 4.94. The van der Waals surface area contributed by atoms with Crippen molar-refractivity contribution < 1.29 is 13.2 Å². The molecule has 25 heavy (non-hydrogen) atoms. The summed E-state index contributed by atoms with van der Waals surface area (Å²) in [5, 5.41) is 14.9. The molecule has 1 unspecified atom stereocenters.